The average Bonchev–Trinajstić information content (AvgIpc) is 3.07. The fraction of sp³-hybridized carbons (Fsp3) is 0.737. The van der Waals surface area contributed by atoms with Gasteiger partial charge in [0.2, 0.25) is 0 Å². The topological polar surface area (TPSA) is 78.8 Å². The highest BCUT2D eigenvalue weighted by Gasteiger charge is 2.22. The summed E-state index contributed by atoms with van der Waals surface area (Å²) in [6.07, 6.45) is 3.81. The molecule has 1 aliphatic rings. The molecule has 0 saturated carbocycles. The van der Waals surface area contributed by atoms with Gasteiger partial charge in [-0.05, 0) is 46.7 Å². The van der Waals surface area contributed by atoms with Crippen LogP contribution in [0.3, 0.4) is 0 Å². The van der Waals surface area contributed by atoms with Crippen molar-refractivity contribution in [3.05, 3.63) is 15.6 Å². The molecule has 1 aromatic heterocycles. The molecule has 2 atom stereocenters. The van der Waals surface area contributed by atoms with E-state index in [1.165, 1.54) is 37.1 Å². The predicted molar refractivity (Wildman–Crippen MR) is 126 cm³/mol. The molecule has 1 aliphatic heterocycles. The van der Waals surface area contributed by atoms with E-state index in [1.54, 1.807) is 14.0 Å². The zero-order valence-corrected chi connectivity index (χ0v) is 20.7. The van der Waals surface area contributed by atoms with Crippen LogP contribution in [0.5, 0.6) is 0 Å². The van der Waals surface area contributed by atoms with E-state index in [0.717, 1.165) is 24.1 Å². The summed E-state index contributed by atoms with van der Waals surface area (Å²) in [5.41, 5.74) is 0.714. The number of guanidine groups is 1. The smallest absolute Gasteiger partial charge is 0.350 e. The molecule has 160 valence electrons. The van der Waals surface area contributed by atoms with Crippen LogP contribution in [0, 0.1) is 6.92 Å². The van der Waals surface area contributed by atoms with Gasteiger partial charge in [-0.1, -0.05) is 13.3 Å². The summed E-state index contributed by atoms with van der Waals surface area (Å²) >= 11 is 1.38. The van der Waals surface area contributed by atoms with Gasteiger partial charge in [-0.2, -0.15) is 0 Å². The van der Waals surface area contributed by atoms with Crippen molar-refractivity contribution in [2.75, 3.05) is 33.3 Å². The monoisotopic (exact) mass is 523 g/mol. The number of nitrogens with zero attached hydrogens (tertiary/aromatic N) is 3. The number of likely N-dealkylation sites (tertiary alicyclic amines) is 1. The number of hydrogen-bond donors (Lipinski definition) is 2. The zero-order chi connectivity index (χ0) is 19.8. The van der Waals surface area contributed by atoms with Crippen molar-refractivity contribution in [2.24, 2.45) is 4.99 Å². The molecule has 0 radical (unpaired) electrons. The van der Waals surface area contributed by atoms with Gasteiger partial charge in [0.1, 0.15) is 9.88 Å². The molecule has 0 aliphatic carbocycles. The highest BCUT2D eigenvalue weighted by molar-refractivity contribution is 14.0. The van der Waals surface area contributed by atoms with Gasteiger partial charge in [-0.3, -0.25) is 9.89 Å². The fourth-order valence-electron chi connectivity index (χ4n) is 3.37. The molecular weight excluding hydrogens is 489 g/mol. The summed E-state index contributed by atoms with van der Waals surface area (Å²) in [6.45, 7) is 11.4. The molecule has 2 rings (SSSR count). The predicted octanol–water partition coefficient (Wildman–Crippen LogP) is 3.35. The van der Waals surface area contributed by atoms with E-state index in [0.29, 0.717) is 23.2 Å². The highest BCUT2D eigenvalue weighted by atomic mass is 127. The Balaban J connectivity index is 0.00000392. The molecule has 0 aromatic carbocycles. The minimum Gasteiger partial charge on any atom is -0.462 e. The number of hydrogen-bond acceptors (Lipinski definition) is 6. The van der Waals surface area contributed by atoms with Gasteiger partial charge in [-0.15, -0.1) is 35.3 Å². The van der Waals surface area contributed by atoms with Gasteiger partial charge in [0, 0.05) is 19.6 Å². The fourth-order valence-corrected chi connectivity index (χ4v) is 4.33. The summed E-state index contributed by atoms with van der Waals surface area (Å²) in [5, 5.41) is 7.69. The molecule has 0 spiro atoms. The Morgan fingerprint density at radius 3 is 2.82 bits per heavy atom. The van der Waals surface area contributed by atoms with Crippen LogP contribution in [-0.2, 0) is 4.74 Å². The van der Waals surface area contributed by atoms with Gasteiger partial charge in [0.25, 0.3) is 0 Å². The normalized spacial score (nSPS) is 18.9. The van der Waals surface area contributed by atoms with Crippen molar-refractivity contribution >= 4 is 47.2 Å². The number of aryl methyl sites for hydroxylation is 1. The molecule has 2 unspecified atom stereocenters. The number of esters is 1. The third-order valence-electron chi connectivity index (χ3n) is 4.88. The summed E-state index contributed by atoms with van der Waals surface area (Å²) < 4.78 is 5.10. The van der Waals surface area contributed by atoms with Gasteiger partial charge >= 0.3 is 5.97 Å². The Morgan fingerprint density at radius 1 is 1.43 bits per heavy atom. The molecule has 0 bridgehead atoms. The van der Waals surface area contributed by atoms with Crippen LogP contribution in [0.25, 0.3) is 0 Å². The van der Waals surface area contributed by atoms with Gasteiger partial charge in [0.05, 0.1) is 18.3 Å². The maximum Gasteiger partial charge on any atom is 0.350 e. The number of rotatable bonds is 7. The molecule has 1 saturated heterocycles. The number of likely N-dealkylation sites (N-methyl/N-ethyl adjacent to an activating group) is 1. The SMILES string of the molecule is CCOC(=O)c1sc(C(C)NC(=NC)NCC2CCCCN2CC)nc1C.I. The van der Waals surface area contributed by atoms with Gasteiger partial charge in [0.15, 0.2) is 5.96 Å². The second kappa shape index (κ2) is 12.6. The third-order valence-corrected chi connectivity index (χ3v) is 6.20. The zero-order valence-electron chi connectivity index (χ0n) is 17.6. The van der Waals surface area contributed by atoms with Crippen LogP contribution in [0.2, 0.25) is 0 Å². The number of aromatic nitrogens is 1. The van der Waals surface area contributed by atoms with Crippen LogP contribution in [-0.4, -0.2) is 61.1 Å². The first-order chi connectivity index (χ1) is 13.0. The van der Waals surface area contributed by atoms with E-state index in [4.69, 9.17) is 4.74 Å². The van der Waals surface area contributed by atoms with E-state index in [-0.39, 0.29) is 36.0 Å². The summed E-state index contributed by atoms with van der Waals surface area (Å²) in [6, 6.07) is 0.506. The van der Waals surface area contributed by atoms with Crippen LogP contribution in [0.15, 0.2) is 4.99 Å². The van der Waals surface area contributed by atoms with Crippen LogP contribution < -0.4 is 10.6 Å². The second-order valence-electron chi connectivity index (χ2n) is 6.78. The lowest BCUT2D eigenvalue weighted by Gasteiger charge is -2.35. The van der Waals surface area contributed by atoms with Gasteiger partial charge in [-0.25, -0.2) is 9.78 Å². The third kappa shape index (κ3) is 6.84. The quantitative estimate of drug-likeness (QED) is 0.247. The number of aliphatic imine (C=N–C) groups is 1. The first-order valence-corrected chi connectivity index (χ1v) is 10.7. The largest absolute Gasteiger partial charge is 0.462 e. The van der Waals surface area contributed by atoms with E-state index in [2.05, 4.69) is 32.4 Å². The highest BCUT2D eigenvalue weighted by Crippen LogP contribution is 2.24. The van der Waals surface area contributed by atoms with Crippen molar-refractivity contribution in [1.82, 2.24) is 20.5 Å². The summed E-state index contributed by atoms with van der Waals surface area (Å²) in [5.74, 6) is 0.458. The number of thiazole rings is 1. The van der Waals surface area contributed by atoms with Crippen LogP contribution in [0.4, 0.5) is 0 Å². The maximum atomic E-state index is 12.0. The Kier molecular flexibility index (Phi) is 11.3. The number of halogens is 1. The first-order valence-electron chi connectivity index (χ1n) is 9.85. The van der Waals surface area contributed by atoms with E-state index >= 15 is 0 Å². The molecule has 1 fully saturated rings. The minimum absolute atomic E-state index is 0. The molecule has 28 heavy (non-hydrogen) atoms. The number of nitrogens with one attached hydrogen (secondary N) is 2. The maximum absolute atomic E-state index is 12.0. The lowest BCUT2D eigenvalue weighted by Crippen LogP contribution is -2.49. The van der Waals surface area contributed by atoms with Crippen molar-refractivity contribution in [1.29, 1.82) is 0 Å². The van der Waals surface area contributed by atoms with E-state index in [9.17, 15) is 4.79 Å². The van der Waals surface area contributed by atoms with E-state index < -0.39 is 0 Å². The molecule has 2 heterocycles. The molecule has 2 N–H and O–H groups in total. The summed E-state index contributed by atoms with van der Waals surface area (Å²) in [7, 11) is 1.78. The van der Waals surface area contributed by atoms with Gasteiger partial charge < -0.3 is 15.4 Å². The van der Waals surface area contributed by atoms with Crippen molar-refractivity contribution in [2.45, 2.75) is 59.0 Å². The Hall–Kier alpha value is -0.940. The van der Waals surface area contributed by atoms with E-state index in [1.807, 2.05) is 13.8 Å². The Bertz CT molecular complexity index is 652. The minimum atomic E-state index is -0.301. The van der Waals surface area contributed by atoms with Crippen LogP contribution in [0.1, 0.15) is 66.4 Å². The number of carbonyl (C=O) groups is 1. The number of carbonyl (C=O) groups excluding carboxylic acids is 1. The van der Waals surface area contributed by atoms with Crippen molar-refractivity contribution in [3.8, 4) is 0 Å². The molecule has 9 heteroatoms. The first kappa shape index (κ1) is 25.1. The summed E-state index contributed by atoms with van der Waals surface area (Å²) in [4.78, 5) is 24.0. The standard InChI is InChI=1S/C19H33N5O2S.HI/c1-6-24-11-9-8-10-15(24)12-21-19(20-5)23-14(4)17-22-13(3)16(27-17)18(25)26-7-2;/h14-15H,6-12H2,1-5H3,(H2,20,21,23);1H. The lowest BCUT2D eigenvalue weighted by molar-refractivity contribution is 0.0531. The molecule has 1 aromatic rings. The van der Waals surface area contributed by atoms with Crippen molar-refractivity contribution in [3.63, 3.8) is 0 Å². The molecule has 0 amide bonds. The molecule has 7 nitrogen and oxygen atoms in total. The Labute approximate surface area is 189 Å². The number of piperidine rings is 1. The number of ether oxygens (including phenoxy) is 1. The van der Waals surface area contributed by atoms with Crippen molar-refractivity contribution < 1.29 is 9.53 Å². The average molecular weight is 523 g/mol. The Morgan fingerprint density at radius 2 is 2.18 bits per heavy atom. The van der Waals surface area contributed by atoms with Crippen LogP contribution >= 0.6 is 35.3 Å². The second-order valence-corrected chi connectivity index (χ2v) is 7.82. The molecular formula is C19H34IN5O2S. The lowest BCUT2D eigenvalue weighted by atomic mass is 10.0.